The Bertz CT molecular complexity index is 863. The van der Waals surface area contributed by atoms with Crippen LogP contribution in [0.25, 0.3) is 5.57 Å². The van der Waals surface area contributed by atoms with Crippen LogP contribution in [0.15, 0.2) is 48.3 Å². The summed E-state index contributed by atoms with van der Waals surface area (Å²) < 4.78 is 5.36. The Kier molecular flexibility index (Phi) is 5.76. The Morgan fingerprint density at radius 1 is 1.30 bits per heavy atom. The Labute approximate surface area is 159 Å². The fraction of sp³-hybridized carbons (Fsp3) is 0.333. The number of likely N-dealkylation sites (N-methyl/N-ethyl adjacent to an activating group) is 1. The van der Waals surface area contributed by atoms with Gasteiger partial charge in [-0.05, 0) is 43.2 Å². The Hall–Kier alpha value is -2.86. The molecule has 1 aliphatic rings. The first-order chi connectivity index (χ1) is 13.1. The third-order valence-corrected chi connectivity index (χ3v) is 4.60. The molecule has 1 aliphatic heterocycles. The fourth-order valence-corrected chi connectivity index (χ4v) is 3.35. The molecule has 3 rings (SSSR count). The number of hydrogen-bond acceptors (Lipinski definition) is 5. The summed E-state index contributed by atoms with van der Waals surface area (Å²) in [5.74, 6) is 1.28. The van der Waals surface area contributed by atoms with Crippen LogP contribution in [-0.4, -0.2) is 35.9 Å². The smallest absolute Gasteiger partial charge is 0.224 e. The summed E-state index contributed by atoms with van der Waals surface area (Å²) in [5, 5.41) is 14.0. The van der Waals surface area contributed by atoms with Crippen molar-refractivity contribution in [2.75, 3.05) is 18.6 Å². The minimum atomic E-state index is -0.987. The fourth-order valence-electron chi connectivity index (χ4n) is 3.35. The second kappa shape index (κ2) is 8.22. The van der Waals surface area contributed by atoms with E-state index in [-0.39, 0.29) is 5.91 Å². The molecule has 2 N–H and O–H groups in total. The van der Waals surface area contributed by atoms with Gasteiger partial charge in [-0.15, -0.1) is 0 Å². The van der Waals surface area contributed by atoms with Crippen LogP contribution in [0.1, 0.15) is 37.8 Å². The standard InChI is InChI=1S/C21H25N3O3/c1-4-8-17(25)23-19-18(14-9-6-10-15(13-14)27-3)16-11-7-12-22-20(16)24(5-2)21(19)26/h6-7,9-13,21,26H,4-5,8H2,1-3H3,(H,23,25). The van der Waals surface area contributed by atoms with Crippen LogP contribution < -0.4 is 15.0 Å². The van der Waals surface area contributed by atoms with E-state index in [1.165, 1.54) is 0 Å². The predicted octanol–water partition coefficient (Wildman–Crippen LogP) is 2.92. The number of methoxy groups -OCH3 is 1. The van der Waals surface area contributed by atoms with Crippen molar-refractivity contribution >= 4 is 17.3 Å². The maximum atomic E-state index is 12.3. The summed E-state index contributed by atoms with van der Waals surface area (Å²) in [4.78, 5) is 18.6. The Morgan fingerprint density at radius 3 is 2.81 bits per heavy atom. The number of benzene rings is 1. The lowest BCUT2D eigenvalue weighted by Gasteiger charge is -2.37. The van der Waals surface area contributed by atoms with E-state index in [1.54, 1.807) is 18.2 Å². The van der Waals surface area contributed by atoms with Crippen LogP contribution in [0.5, 0.6) is 5.75 Å². The number of nitrogens with zero attached hydrogens (tertiary/aromatic N) is 2. The van der Waals surface area contributed by atoms with Crippen molar-refractivity contribution in [3.8, 4) is 5.75 Å². The largest absolute Gasteiger partial charge is 0.497 e. The number of carbonyl (C=O) groups is 1. The highest BCUT2D eigenvalue weighted by Gasteiger charge is 2.33. The first-order valence-corrected chi connectivity index (χ1v) is 9.19. The first kappa shape index (κ1) is 18.9. The van der Waals surface area contributed by atoms with Gasteiger partial charge in [0.2, 0.25) is 5.91 Å². The van der Waals surface area contributed by atoms with Crippen molar-refractivity contribution in [3.05, 3.63) is 59.4 Å². The van der Waals surface area contributed by atoms with Gasteiger partial charge in [-0.1, -0.05) is 19.1 Å². The molecule has 142 valence electrons. The average Bonchev–Trinajstić information content (AvgIpc) is 2.69. The van der Waals surface area contributed by atoms with E-state index in [4.69, 9.17) is 4.74 Å². The number of pyridine rings is 1. The van der Waals surface area contributed by atoms with Gasteiger partial charge in [0.05, 0.1) is 12.8 Å². The van der Waals surface area contributed by atoms with E-state index in [0.29, 0.717) is 30.2 Å². The van der Waals surface area contributed by atoms with Gasteiger partial charge in [0.1, 0.15) is 11.6 Å². The number of hydrogen-bond donors (Lipinski definition) is 2. The van der Waals surface area contributed by atoms with E-state index in [0.717, 1.165) is 23.1 Å². The molecule has 2 aromatic rings. The summed E-state index contributed by atoms with van der Waals surface area (Å²) in [5.41, 5.74) is 2.96. The topological polar surface area (TPSA) is 74.7 Å². The zero-order valence-corrected chi connectivity index (χ0v) is 15.9. The van der Waals surface area contributed by atoms with Gasteiger partial charge >= 0.3 is 0 Å². The minimum absolute atomic E-state index is 0.115. The second-order valence-corrected chi connectivity index (χ2v) is 6.35. The highest BCUT2D eigenvalue weighted by Crippen LogP contribution is 2.39. The molecule has 0 saturated heterocycles. The molecule has 27 heavy (non-hydrogen) atoms. The van der Waals surface area contributed by atoms with Crippen molar-refractivity contribution < 1.29 is 14.6 Å². The van der Waals surface area contributed by atoms with Crippen molar-refractivity contribution in [2.45, 2.75) is 32.9 Å². The molecule has 0 bridgehead atoms. The molecule has 0 saturated carbocycles. The van der Waals surface area contributed by atoms with Crippen LogP contribution >= 0.6 is 0 Å². The number of ether oxygens (including phenoxy) is 1. The molecular formula is C21H25N3O3. The summed E-state index contributed by atoms with van der Waals surface area (Å²) in [6.45, 7) is 4.46. The number of carbonyl (C=O) groups excluding carboxylic acids is 1. The zero-order valence-electron chi connectivity index (χ0n) is 15.9. The molecule has 0 radical (unpaired) electrons. The zero-order chi connectivity index (χ0) is 19.4. The maximum Gasteiger partial charge on any atom is 0.224 e. The van der Waals surface area contributed by atoms with Crippen LogP contribution in [0.3, 0.4) is 0 Å². The minimum Gasteiger partial charge on any atom is -0.497 e. The molecule has 1 amide bonds. The number of fused-ring (bicyclic) bond motifs is 1. The van der Waals surface area contributed by atoms with Crippen LogP contribution in [0.2, 0.25) is 0 Å². The van der Waals surface area contributed by atoms with Gasteiger partial charge in [-0.2, -0.15) is 0 Å². The number of aromatic nitrogens is 1. The third-order valence-electron chi connectivity index (χ3n) is 4.60. The molecular weight excluding hydrogens is 342 g/mol. The van der Waals surface area contributed by atoms with Crippen LogP contribution in [0.4, 0.5) is 5.82 Å². The summed E-state index contributed by atoms with van der Waals surface area (Å²) in [6, 6.07) is 11.4. The Balaban J connectivity index is 2.23. The van der Waals surface area contributed by atoms with Gasteiger partial charge in [0.15, 0.2) is 6.23 Å². The van der Waals surface area contributed by atoms with Gasteiger partial charge in [0, 0.05) is 30.3 Å². The van der Waals surface area contributed by atoms with Gasteiger partial charge < -0.3 is 20.1 Å². The molecule has 1 unspecified atom stereocenters. The Morgan fingerprint density at radius 2 is 2.11 bits per heavy atom. The molecule has 6 heteroatoms. The quantitative estimate of drug-likeness (QED) is 0.821. The highest BCUT2D eigenvalue weighted by molar-refractivity contribution is 5.93. The van der Waals surface area contributed by atoms with E-state index < -0.39 is 6.23 Å². The van der Waals surface area contributed by atoms with Crippen molar-refractivity contribution in [2.24, 2.45) is 0 Å². The highest BCUT2D eigenvalue weighted by atomic mass is 16.5. The van der Waals surface area contributed by atoms with Crippen LogP contribution in [-0.2, 0) is 4.79 Å². The molecule has 1 aromatic heterocycles. The van der Waals surface area contributed by atoms with Crippen molar-refractivity contribution in [3.63, 3.8) is 0 Å². The van der Waals surface area contributed by atoms with E-state index >= 15 is 0 Å². The van der Waals surface area contributed by atoms with Gasteiger partial charge in [-0.3, -0.25) is 4.79 Å². The van der Waals surface area contributed by atoms with E-state index in [1.807, 2.05) is 50.2 Å². The molecule has 6 nitrogen and oxygen atoms in total. The lowest BCUT2D eigenvalue weighted by atomic mass is 9.92. The van der Waals surface area contributed by atoms with E-state index in [2.05, 4.69) is 10.3 Å². The number of anilines is 1. The van der Waals surface area contributed by atoms with E-state index in [9.17, 15) is 9.90 Å². The lowest BCUT2D eigenvalue weighted by Crippen LogP contribution is -2.46. The normalized spacial score (nSPS) is 16.1. The lowest BCUT2D eigenvalue weighted by molar-refractivity contribution is -0.120. The molecule has 0 aliphatic carbocycles. The SMILES string of the molecule is CCCC(=O)NC1=C(c2cccc(OC)c2)c2cccnc2N(CC)C1O. The molecule has 0 spiro atoms. The van der Waals surface area contributed by atoms with Crippen LogP contribution in [0, 0.1) is 0 Å². The monoisotopic (exact) mass is 367 g/mol. The second-order valence-electron chi connectivity index (χ2n) is 6.35. The number of nitrogens with one attached hydrogen (secondary N) is 1. The molecule has 0 fully saturated rings. The average molecular weight is 367 g/mol. The molecule has 1 aromatic carbocycles. The summed E-state index contributed by atoms with van der Waals surface area (Å²) >= 11 is 0. The summed E-state index contributed by atoms with van der Waals surface area (Å²) in [7, 11) is 1.61. The number of rotatable bonds is 6. The number of aliphatic hydroxyl groups excluding tert-OH is 1. The predicted molar refractivity (Wildman–Crippen MR) is 105 cm³/mol. The van der Waals surface area contributed by atoms with Gasteiger partial charge in [0.25, 0.3) is 0 Å². The first-order valence-electron chi connectivity index (χ1n) is 9.19. The molecule has 2 heterocycles. The van der Waals surface area contributed by atoms with Crippen molar-refractivity contribution in [1.82, 2.24) is 10.3 Å². The maximum absolute atomic E-state index is 12.3. The molecule has 1 atom stereocenters. The van der Waals surface area contributed by atoms with Crippen molar-refractivity contribution in [1.29, 1.82) is 0 Å². The number of aliphatic hydroxyl groups is 1. The number of amides is 1. The third kappa shape index (κ3) is 3.66. The van der Waals surface area contributed by atoms with Gasteiger partial charge in [-0.25, -0.2) is 4.98 Å². The summed E-state index contributed by atoms with van der Waals surface area (Å²) in [6.07, 6.45) is 1.85.